The quantitative estimate of drug-likeness (QED) is 0.272. The molecule has 2 bridgehead atoms. The number of fused-ring (bicyclic) bond motifs is 1. The molecule has 1 spiro atoms. The predicted molar refractivity (Wildman–Crippen MR) is 145 cm³/mol. The van der Waals surface area contributed by atoms with Crippen molar-refractivity contribution >= 4 is 17.8 Å². The highest BCUT2D eigenvalue weighted by Crippen LogP contribution is 2.65. The smallest absolute Gasteiger partial charge is 0.312 e. The lowest BCUT2D eigenvalue weighted by Gasteiger charge is -2.40. The van der Waals surface area contributed by atoms with Crippen molar-refractivity contribution in [1.82, 2.24) is 14.7 Å². The summed E-state index contributed by atoms with van der Waals surface area (Å²) in [5.74, 6) is -2.33. The number of carbonyl (C=O) groups is 3. The van der Waals surface area contributed by atoms with E-state index in [9.17, 15) is 19.5 Å². The van der Waals surface area contributed by atoms with Crippen molar-refractivity contribution in [3.05, 3.63) is 12.7 Å². The molecule has 0 aromatic rings. The van der Waals surface area contributed by atoms with Crippen LogP contribution in [0.3, 0.4) is 0 Å². The molecule has 220 valence electrons. The van der Waals surface area contributed by atoms with Gasteiger partial charge in [0, 0.05) is 32.7 Å². The van der Waals surface area contributed by atoms with Crippen molar-refractivity contribution in [2.45, 2.75) is 76.7 Å². The summed E-state index contributed by atoms with van der Waals surface area (Å²) >= 11 is 0. The maximum atomic E-state index is 14.6. The van der Waals surface area contributed by atoms with Gasteiger partial charge in [-0.2, -0.15) is 0 Å². The largest absolute Gasteiger partial charge is 0.466 e. The zero-order valence-corrected chi connectivity index (χ0v) is 24.1. The molecule has 1 N–H and O–H groups in total. The first kappa shape index (κ1) is 30.0. The molecule has 2 amide bonds. The molecule has 0 radical (unpaired) electrons. The average molecular weight is 550 g/mol. The van der Waals surface area contributed by atoms with Crippen LogP contribution in [0.1, 0.15) is 53.4 Å². The monoisotopic (exact) mass is 549 g/mol. The van der Waals surface area contributed by atoms with Gasteiger partial charge in [0.1, 0.15) is 17.6 Å². The van der Waals surface area contributed by atoms with Gasteiger partial charge in [0.2, 0.25) is 11.8 Å². The van der Waals surface area contributed by atoms with Crippen LogP contribution in [0.15, 0.2) is 12.7 Å². The zero-order valence-electron chi connectivity index (χ0n) is 24.1. The molecule has 4 fully saturated rings. The minimum absolute atomic E-state index is 0.189. The number of esters is 1. The Labute approximate surface area is 232 Å². The lowest BCUT2D eigenvalue weighted by atomic mass is 9.65. The van der Waals surface area contributed by atoms with Gasteiger partial charge in [-0.3, -0.25) is 19.3 Å². The van der Waals surface area contributed by atoms with Gasteiger partial charge in [-0.25, -0.2) is 0 Å². The Bertz CT molecular complexity index is 923. The Balaban J connectivity index is 1.73. The standard InChI is InChI=1S/C29H47N3O7/c1-6-11-31(13-12-30-14-16-37-17-15-30)26(35)24-29-10-9-28(7-2,39-29)23(27(36)38-8-3)22(29)25(34)32(24)21(19-33)18-20(4)5/h6,20-24,33H,1,7-19H2,2-5H3/t21-,22+,23-,24?,28+,29?/m1/s1. The molecule has 4 rings (SSSR count). The molecule has 0 aliphatic carbocycles. The van der Waals surface area contributed by atoms with Crippen molar-refractivity contribution < 1.29 is 33.7 Å². The van der Waals surface area contributed by atoms with E-state index in [0.717, 1.165) is 13.1 Å². The van der Waals surface area contributed by atoms with Crippen LogP contribution in [0.4, 0.5) is 0 Å². The number of aliphatic hydroxyl groups excluding tert-OH is 1. The molecular formula is C29H47N3O7. The van der Waals surface area contributed by atoms with Crippen LogP contribution in [0.5, 0.6) is 0 Å². The average Bonchev–Trinajstić information content (AvgIpc) is 3.53. The molecule has 4 aliphatic heterocycles. The fourth-order valence-corrected chi connectivity index (χ4v) is 7.45. The summed E-state index contributed by atoms with van der Waals surface area (Å²) in [6.45, 7) is 16.0. The van der Waals surface area contributed by atoms with Crippen LogP contribution in [0.25, 0.3) is 0 Å². The van der Waals surface area contributed by atoms with Crippen molar-refractivity contribution in [1.29, 1.82) is 0 Å². The van der Waals surface area contributed by atoms with Crippen LogP contribution in [0.2, 0.25) is 0 Å². The highest BCUT2D eigenvalue weighted by Gasteiger charge is 2.79. The minimum atomic E-state index is -1.13. The molecule has 0 saturated carbocycles. The molecule has 4 heterocycles. The van der Waals surface area contributed by atoms with E-state index in [1.807, 2.05) is 20.8 Å². The second-order valence-corrected chi connectivity index (χ2v) is 11.8. The highest BCUT2D eigenvalue weighted by molar-refractivity contribution is 5.98. The van der Waals surface area contributed by atoms with E-state index in [0.29, 0.717) is 58.5 Å². The van der Waals surface area contributed by atoms with Crippen LogP contribution in [-0.2, 0) is 28.6 Å². The highest BCUT2D eigenvalue weighted by atomic mass is 16.6. The van der Waals surface area contributed by atoms with E-state index < -0.39 is 41.1 Å². The van der Waals surface area contributed by atoms with Crippen molar-refractivity contribution in [2.75, 3.05) is 59.2 Å². The van der Waals surface area contributed by atoms with Gasteiger partial charge >= 0.3 is 5.97 Å². The van der Waals surface area contributed by atoms with E-state index >= 15 is 0 Å². The van der Waals surface area contributed by atoms with Crippen LogP contribution < -0.4 is 0 Å². The first-order chi connectivity index (χ1) is 18.7. The number of rotatable bonds is 13. The third-order valence-electron chi connectivity index (χ3n) is 9.19. The maximum Gasteiger partial charge on any atom is 0.312 e. The second kappa shape index (κ2) is 12.2. The van der Waals surface area contributed by atoms with Gasteiger partial charge in [-0.1, -0.05) is 26.8 Å². The summed E-state index contributed by atoms with van der Waals surface area (Å²) in [5.41, 5.74) is -1.97. The topological polar surface area (TPSA) is 109 Å². The van der Waals surface area contributed by atoms with Crippen molar-refractivity contribution in [2.24, 2.45) is 17.8 Å². The maximum absolute atomic E-state index is 14.6. The van der Waals surface area contributed by atoms with Crippen LogP contribution in [0, 0.1) is 17.8 Å². The number of amides is 2. The number of nitrogens with zero attached hydrogens (tertiary/aromatic N) is 3. The SMILES string of the molecule is C=CCN(CCN1CCOCC1)C(=O)C1N([C@@H](CO)CC(C)C)C(=O)[C@@H]2[C@H](C(=O)OCC)[C@]3(CC)CCC12O3. The molecule has 10 nitrogen and oxygen atoms in total. The lowest BCUT2D eigenvalue weighted by molar-refractivity contribution is -0.163. The number of likely N-dealkylation sites (tertiary alicyclic amines) is 1. The van der Waals surface area contributed by atoms with Crippen LogP contribution in [-0.4, -0.2) is 120 Å². The number of aliphatic hydroxyl groups is 1. The summed E-state index contributed by atoms with van der Waals surface area (Å²) in [7, 11) is 0. The van der Waals surface area contributed by atoms with E-state index in [1.165, 1.54) is 0 Å². The molecule has 39 heavy (non-hydrogen) atoms. The van der Waals surface area contributed by atoms with Gasteiger partial charge in [0.25, 0.3) is 0 Å². The third kappa shape index (κ3) is 5.25. The van der Waals surface area contributed by atoms with Gasteiger partial charge in [-0.05, 0) is 38.5 Å². The summed E-state index contributed by atoms with van der Waals surface area (Å²) in [4.78, 5) is 47.8. The molecule has 4 saturated heterocycles. The molecular weight excluding hydrogens is 502 g/mol. The molecule has 6 atom stereocenters. The van der Waals surface area contributed by atoms with E-state index in [-0.39, 0.29) is 30.9 Å². The molecule has 0 aromatic carbocycles. The zero-order chi connectivity index (χ0) is 28.4. The lowest BCUT2D eigenvalue weighted by Crippen LogP contribution is -2.59. The number of carbonyl (C=O) groups excluding carboxylic acids is 3. The van der Waals surface area contributed by atoms with E-state index in [2.05, 4.69) is 11.5 Å². The fraction of sp³-hybridized carbons (Fsp3) is 0.828. The minimum Gasteiger partial charge on any atom is -0.466 e. The van der Waals surface area contributed by atoms with E-state index in [4.69, 9.17) is 14.2 Å². The Morgan fingerprint density at radius 2 is 1.97 bits per heavy atom. The Hall–Kier alpha value is -2.01. The summed E-state index contributed by atoms with van der Waals surface area (Å²) < 4.78 is 17.7. The van der Waals surface area contributed by atoms with Gasteiger partial charge in [0.05, 0.1) is 44.0 Å². The summed E-state index contributed by atoms with van der Waals surface area (Å²) in [5, 5.41) is 10.5. The van der Waals surface area contributed by atoms with Crippen molar-refractivity contribution in [3.63, 3.8) is 0 Å². The van der Waals surface area contributed by atoms with Gasteiger partial charge in [-0.15, -0.1) is 6.58 Å². The Morgan fingerprint density at radius 3 is 2.56 bits per heavy atom. The summed E-state index contributed by atoms with van der Waals surface area (Å²) in [6.07, 6.45) is 3.87. The fourth-order valence-electron chi connectivity index (χ4n) is 7.45. The van der Waals surface area contributed by atoms with Gasteiger partial charge in [0.15, 0.2) is 0 Å². The number of ether oxygens (including phenoxy) is 3. The Kier molecular flexibility index (Phi) is 9.41. The normalized spacial score (nSPS) is 32.9. The first-order valence-corrected chi connectivity index (χ1v) is 14.7. The third-order valence-corrected chi connectivity index (χ3v) is 9.19. The van der Waals surface area contributed by atoms with E-state index in [1.54, 1.807) is 22.8 Å². The number of morpholine rings is 1. The Morgan fingerprint density at radius 1 is 1.26 bits per heavy atom. The second-order valence-electron chi connectivity index (χ2n) is 11.8. The number of hydrogen-bond donors (Lipinski definition) is 1. The predicted octanol–water partition coefficient (Wildman–Crippen LogP) is 1.46. The first-order valence-electron chi connectivity index (χ1n) is 14.7. The molecule has 2 unspecified atom stereocenters. The van der Waals surface area contributed by atoms with Crippen LogP contribution >= 0.6 is 0 Å². The van der Waals surface area contributed by atoms with Gasteiger partial charge < -0.3 is 29.1 Å². The molecule has 4 aliphatic rings. The number of hydrogen-bond acceptors (Lipinski definition) is 8. The molecule has 0 aromatic heterocycles. The summed E-state index contributed by atoms with van der Waals surface area (Å²) in [6, 6.07) is -1.48. The van der Waals surface area contributed by atoms with Crippen molar-refractivity contribution in [3.8, 4) is 0 Å². The molecule has 10 heteroatoms.